The van der Waals surface area contributed by atoms with E-state index in [2.05, 4.69) is 22.5 Å². The topological polar surface area (TPSA) is 43.4 Å². The largest absolute Gasteiger partial charge is 0.379 e. The number of nitrogens with two attached hydrogens (primary N) is 1. The summed E-state index contributed by atoms with van der Waals surface area (Å²) in [6, 6.07) is 2.58. The van der Waals surface area contributed by atoms with Crippen LogP contribution < -0.4 is 5.73 Å². The molecule has 2 aliphatic rings. The molecule has 4 nitrogen and oxygen atoms in total. The van der Waals surface area contributed by atoms with E-state index in [4.69, 9.17) is 10.5 Å². The van der Waals surface area contributed by atoms with Crippen LogP contribution in [0, 0.1) is 6.92 Å². The van der Waals surface area contributed by atoms with Gasteiger partial charge in [0.15, 0.2) is 0 Å². The second-order valence-electron chi connectivity index (χ2n) is 6.15. The van der Waals surface area contributed by atoms with Crippen molar-refractivity contribution in [2.75, 3.05) is 32.8 Å². The zero-order valence-electron chi connectivity index (χ0n) is 12.6. The van der Waals surface area contributed by atoms with E-state index in [9.17, 15) is 0 Å². The minimum atomic E-state index is 0.262. The highest BCUT2D eigenvalue weighted by Crippen LogP contribution is 2.30. The van der Waals surface area contributed by atoms with Gasteiger partial charge >= 0.3 is 0 Å². The van der Waals surface area contributed by atoms with E-state index < -0.39 is 0 Å². The minimum absolute atomic E-state index is 0.262. The molecule has 112 valence electrons. The Morgan fingerprint density at radius 1 is 1.30 bits per heavy atom. The lowest BCUT2D eigenvalue weighted by molar-refractivity contribution is 0.0369. The molecule has 0 spiro atoms. The Hall–Kier alpha value is -0.840. The molecule has 1 fully saturated rings. The fourth-order valence-electron chi connectivity index (χ4n) is 3.59. The molecular weight excluding hydrogens is 250 g/mol. The molecular formula is C16H27N3O. The molecule has 1 atom stereocenters. The first-order valence-electron chi connectivity index (χ1n) is 8.00. The summed E-state index contributed by atoms with van der Waals surface area (Å²) >= 11 is 0. The first-order chi connectivity index (χ1) is 9.75. The maximum atomic E-state index is 6.24. The number of hydrogen-bond donors (Lipinski definition) is 1. The third-order valence-electron chi connectivity index (χ3n) is 4.74. The molecule has 1 aromatic heterocycles. The Bertz CT molecular complexity index is 449. The lowest BCUT2D eigenvalue weighted by Gasteiger charge is -2.27. The minimum Gasteiger partial charge on any atom is -0.379 e. The van der Waals surface area contributed by atoms with E-state index in [-0.39, 0.29) is 6.04 Å². The lowest BCUT2D eigenvalue weighted by atomic mass is 9.93. The molecule has 4 heteroatoms. The van der Waals surface area contributed by atoms with Crippen LogP contribution >= 0.6 is 0 Å². The van der Waals surface area contributed by atoms with E-state index in [1.807, 2.05) is 0 Å². The average molecular weight is 277 g/mol. The number of aromatic nitrogens is 1. The zero-order chi connectivity index (χ0) is 13.9. The van der Waals surface area contributed by atoms with Crippen molar-refractivity contribution < 1.29 is 4.74 Å². The van der Waals surface area contributed by atoms with Gasteiger partial charge in [0.2, 0.25) is 0 Å². The van der Waals surface area contributed by atoms with Gasteiger partial charge in [-0.1, -0.05) is 0 Å². The van der Waals surface area contributed by atoms with Crippen molar-refractivity contribution in [3.63, 3.8) is 0 Å². The monoisotopic (exact) mass is 277 g/mol. The summed E-state index contributed by atoms with van der Waals surface area (Å²) in [7, 11) is 0. The van der Waals surface area contributed by atoms with Crippen LogP contribution in [0.3, 0.4) is 0 Å². The van der Waals surface area contributed by atoms with Crippen molar-refractivity contribution in [3.8, 4) is 0 Å². The predicted octanol–water partition coefficient (Wildman–Crippen LogP) is 1.85. The molecule has 1 aromatic rings. The highest BCUT2D eigenvalue weighted by atomic mass is 16.5. The van der Waals surface area contributed by atoms with Gasteiger partial charge in [0.05, 0.1) is 13.2 Å². The molecule has 2 heterocycles. The van der Waals surface area contributed by atoms with Crippen molar-refractivity contribution in [1.82, 2.24) is 9.47 Å². The highest BCUT2D eigenvalue weighted by molar-refractivity contribution is 5.32. The van der Waals surface area contributed by atoms with Crippen molar-refractivity contribution in [2.24, 2.45) is 5.73 Å². The predicted molar refractivity (Wildman–Crippen MR) is 80.9 cm³/mol. The van der Waals surface area contributed by atoms with Gasteiger partial charge in [0.25, 0.3) is 0 Å². The summed E-state index contributed by atoms with van der Waals surface area (Å²) in [4.78, 5) is 2.51. The summed E-state index contributed by atoms with van der Waals surface area (Å²) in [6.45, 7) is 8.51. The van der Waals surface area contributed by atoms with Crippen LogP contribution in [-0.4, -0.2) is 42.3 Å². The molecule has 0 saturated carbocycles. The maximum Gasteiger partial charge on any atom is 0.0594 e. The molecule has 20 heavy (non-hydrogen) atoms. The molecule has 0 amide bonds. The van der Waals surface area contributed by atoms with Gasteiger partial charge in [-0.15, -0.1) is 0 Å². The summed E-state index contributed by atoms with van der Waals surface area (Å²) in [6.07, 6.45) is 4.80. The van der Waals surface area contributed by atoms with E-state index >= 15 is 0 Å². The second kappa shape index (κ2) is 6.29. The lowest BCUT2D eigenvalue weighted by Crippen LogP contribution is -2.37. The van der Waals surface area contributed by atoms with E-state index in [0.29, 0.717) is 0 Å². The maximum absolute atomic E-state index is 6.24. The molecule has 0 bridgehead atoms. The molecule has 0 aromatic carbocycles. The third kappa shape index (κ3) is 2.92. The SMILES string of the molecule is Cc1cc2c(n1CCCN1CCOCC1)CCCC2N. The van der Waals surface area contributed by atoms with Crippen LogP contribution in [0.1, 0.15) is 42.3 Å². The fourth-order valence-corrected chi connectivity index (χ4v) is 3.59. The first-order valence-corrected chi connectivity index (χ1v) is 8.00. The van der Waals surface area contributed by atoms with Gasteiger partial charge in [0.1, 0.15) is 0 Å². The Morgan fingerprint density at radius 3 is 2.90 bits per heavy atom. The molecule has 2 N–H and O–H groups in total. The molecule has 1 saturated heterocycles. The van der Waals surface area contributed by atoms with Crippen molar-refractivity contribution in [2.45, 2.75) is 45.2 Å². The molecule has 1 unspecified atom stereocenters. The normalized spacial score (nSPS) is 23.8. The Morgan fingerprint density at radius 2 is 2.10 bits per heavy atom. The van der Waals surface area contributed by atoms with Crippen molar-refractivity contribution in [1.29, 1.82) is 0 Å². The molecule has 0 radical (unpaired) electrons. The number of ether oxygens (including phenoxy) is 1. The average Bonchev–Trinajstić information content (AvgIpc) is 2.78. The number of morpholine rings is 1. The van der Waals surface area contributed by atoms with Crippen LogP contribution in [0.25, 0.3) is 0 Å². The van der Waals surface area contributed by atoms with Gasteiger partial charge < -0.3 is 15.0 Å². The number of aryl methyl sites for hydroxylation is 1. The van der Waals surface area contributed by atoms with E-state index in [0.717, 1.165) is 39.3 Å². The van der Waals surface area contributed by atoms with Gasteiger partial charge in [-0.3, -0.25) is 4.90 Å². The van der Waals surface area contributed by atoms with Gasteiger partial charge in [0, 0.05) is 43.6 Å². The fraction of sp³-hybridized carbons (Fsp3) is 0.750. The highest BCUT2D eigenvalue weighted by Gasteiger charge is 2.21. The molecule has 1 aliphatic carbocycles. The van der Waals surface area contributed by atoms with Crippen molar-refractivity contribution in [3.05, 3.63) is 23.0 Å². The summed E-state index contributed by atoms with van der Waals surface area (Å²) < 4.78 is 7.91. The first kappa shape index (κ1) is 14.1. The van der Waals surface area contributed by atoms with Gasteiger partial charge in [-0.25, -0.2) is 0 Å². The van der Waals surface area contributed by atoms with Crippen LogP contribution in [0.4, 0.5) is 0 Å². The molecule has 3 rings (SSSR count). The number of fused-ring (bicyclic) bond motifs is 1. The summed E-state index contributed by atoms with van der Waals surface area (Å²) in [5.41, 5.74) is 10.5. The quantitative estimate of drug-likeness (QED) is 0.913. The van der Waals surface area contributed by atoms with Crippen LogP contribution in [0.5, 0.6) is 0 Å². The van der Waals surface area contributed by atoms with E-state index in [1.165, 1.54) is 42.8 Å². The second-order valence-corrected chi connectivity index (χ2v) is 6.15. The van der Waals surface area contributed by atoms with Crippen LogP contribution in [0.15, 0.2) is 6.07 Å². The zero-order valence-corrected chi connectivity index (χ0v) is 12.6. The summed E-state index contributed by atoms with van der Waals surface area (Å²) in [5, 5.41) is 0. The summed E-state index contributed by atoms with van der Waals surface area (Å²) in [5.74, 6) is 0. The van der Waals surface area contributed by atoms with Gasteiger partial charge in [-0.05, 0) is 44.2 Å². The Kier molecular flexibility index (Phi) is 4.44. The van der Waals surface area contributed by atoms with Gasteiger partial charge in [-0.2, -0.15) is 0 Å². The number of rotatable bonds is 4. The number of nitrogens with zero attached hydrogens (tertiary/aromatic N) is 2. The number of hydrogen-bond acceptors (Lipinski definition) is 3. The Balaban J connectivity index is 1.59. The Labute approximate surface area is 121 Å². The van der Waals surface area contributed by atoms with E-state index in [1.54, 1.807) is 0 Å². The van der Waals surface area contributed by atoms with Crippen LogP contribution in [-0.2, 0) is 17.7 Å². The van der Waals surface area contributed by atoms with Crippen molar-refractivity contribution >= 4 is 0 Å². The smallest absolute Gasteiger partial charge is 0.0594 e. The van der Waals surface area contributed by atoms with Crippen LogP contribution in [0.2, 0.25) is 0 Å². The standard InChI is InChI=1S/C16H27N3O/c1-13-12-14-15(17)4-2-5-16(14)19(13)7-3-6-18-8-10-20-11-9-18/h12,15H,2-11,17H2,1H3. The third-order valence-corrected chi connectivity index (χ3v) is 4.74. The molecule has 1 aliphatic heterocycles.